The highest BCUT2D eigenvalue weighted by atomic mass is 16.5. The molecule has 0 amide bonds. The second-order valence-electron chi connectivity index (χ2n) is 5.17. The Balaban J connectivity index is 2.03. The summed E-state index contributed by atoms with van der Waals surface area (Å²) >= 11 is 0. The zero-order chi connectivity index (χ0) is 11.6. The van der Waals surface area contributed by atoms with E-state index in [4.69, 9.17) is 4.74 Å². The Hall–Kier alpha value is -1.25. The van der Waals surface area contributed by atoms with Crippen LogP contribution in [0.1, 0.15) is 33.1 Å². The highest BCUT2D eigenvalue weighted by Gasteiger charge is 2.34. The van der Waals surface area contributed by atoms with Crippen molar-refractivity contribution < 1.29 is 4.74 Å². The summed E-state index contributed by atoms with van der Waals surface area (Å²) in [5.41, 5.74) is 1.47. The lowest BCUT2D eigenvalue weighted by Gasteiger charge is -2.28. The first-order valence-corrected chi connectivity index (χ1v) is 5.88. The Bertz CT molecular complexity index is 345. The lowest BCUT2D eigenvalue weighted by atomic mass is 9.87. The van der Waals surface area contributed by atoms with Gasteiger partial charge in [0, 0.05) is 12.1 Å². The smallest absolute Gasteiger partial charge is 0.213 e. The van der Waals surface area contributed by atoms with Gasteiger partial charge in [-0.05, 0) is 24.3 Å². The molecule has 1 atom stereocenters. The predicted molar refractivity (Wildman–Crippen MR) is 65.8 cm³/mol. The van der Waals surface area contributed by atoms with Crippen LogP contribution in [-0.2, 0) is 0 Å². The quantitative estimate of drug-likeness (QED) is 0.850. The highest BCUT2D eigenvalue weighted by molar-refractivity contribution is 5.43. The molecule has 1 N–H and O–H groups in total. The van der Waals surface area contributed by atoms with Gasteiger partial charge in [0.15, 0.2) is 0 Å². The van der Waals surface area contributed by atoms with Crippen LogP contribution in [0.2, 0.25) is 0 Å². The van der Waals surface area contributed by atoms with Crippen molar-refractivity contribution in [3.05, 3.63) is 18.3 Å². The maximum absolute atomic E-state index is 5.04. The molecule has 1 heterocycles. The number of nitrogens with zero attached hydrogens (tertiary/aromatic N) is 1. The van der Waals surface area contributed by atoms with E-state index in [2.05, 4.69) is 24.1 Å². The minimum absolute atomic E-state index is 0.389. The standard InChI is InChI=1S/C13H20N2O/c1-13(2)8-4-5-11(13)15-10-6-7-12(16-3)14-9-10/h6-7,9,11,15H,4-5,8H2,1-3H3. The van der Waals surface area contributed by atoms with Crippen LogP contribution in [0.15, 0.2) is 18.3 Å². The molecule has 88 valence electrons. The van der Waals surface area contributed by atoms with Crippen molar-refractivity contribution in [2.75, 3.05) is 12.4 Å². The fourth-order valence-electron chi connectivity index (χ4n) is 2.38. The summed E-state index contributed by atoms with van der Waals surface area (Å²) in [6.07, 6.45) is 5.70. The fraction of sp³-hybridized carbons (Fsp3) is 0.615. The summed E-state index contributed by atoms with van der Waals surface area (Å²) in [5, 5.41) is 3.56. The highest BCUT2D eigenvalue weighted by Crippen LogP contribution is 2.38. The van der Waals surface area contributed by atoms with E-state index in [0.717, 1.165) is 5.69 Å². The maximum Gasteiger partial charge on any atom is 0.213 e. The van der Waals surface area contributed by atoms with E-state index in [0.29, 0.717) is 17.3 Å². The van der Waals surface area contributed by atoms with Gasteiger partial charge in [0.25, 0.3) is 0 Å². The molecule has 1 aliphatic carbocycles. The van der Waals surface area contributed by atoms with Crippen LogP contribution < -0.4 is 10.1 Å². The first kappa shape index (κ1) is 11.2. The monoisotopic (exact) mass is 220 g/mol. The predicted octanol–water partition coefficient (Wildman–Crippen LogP) is 3.08. The topological polar surface area (TPSA) is 34.1 Å². The molecule has 16 heavy (non-hydrogen) atoms. The van der Waals surface area contributed by atoms with Crippen molar-refractivity contribution in [3.63, 3.8) is 0 Å². The van der Waals surface area contributed by atoms with Crippen LogP contribution in [-0.4, -0.2) is 18.1 Å². The van der Waals surface area contributed by atoms with E-state index in [-0.39, 0.29) is 0 Å². The van der Waals surface area contributed by atoms with Gasteiger partial charge in [-0.15, -0.1) is 0 Å². The van der Waals surface area contributed by atoms with Crippen LogP contribution in [0.5, 0.6) is 5.88 Å². The molecule has 3 nitrogen and oxygen atoms in total. The summed E-state index contributed by atoms with van der Waals surface area (Å²) < 4.78 is 5.04. The van der Waals surface area contributed by atoms with E-state index < -0.39 is 0 Å². The number of ether oxygens (including phenoxy) is 1. The molecule has 1 fully saturated rings. The lowest BCUT2D eigenvalue weighted by Crippen LogP contribution is -2.30. The Morgan fingerprint density at radius 2 is 2.25 bits per heavy atom. The molecular formula is C13H20N2O. The van der Waals surface area contributed by atoms with Gasteiger partial charge in [0.05, 0.1) is 19.0 Å². The number of hydrogen-bond donors (Lipinski definition) is 1. The van der Waals surface area contributed by atoms with Crippen LogP contribution in [0, 0.1) is 5.41 Å². The van der Waals surface area contributed by atoms with Gasteiger partial charge in [-0.1, -0.05) is 20.3 Å². The molecule has 0 radical (unpaired) electrons. The van der Waals surface area contributed by atoms with Gasteiger partial charge >= 0.3 is 0 Å². The van der Waals surface area contributed by atoms with E-state index in [9.17, 15) is 0 Å². The number of aromatic nitrogens is 1. The van der Waals surface area contributed by atoms with E-state index in [1.807, 2.05) is 18.3 Å². The van der Waals surface area contributed by atoms with Crippen molar-refractivity contribution in [2.45, 2.75) is 39.2 Å². The molecule has 0 aliphatic heterocycles. The summed E-state index contributed by atoms with van der Waals surface area (Å²) in [6, 6.07) is 4.48. The molecule has 1 unspecified atom stereocenters. The number of rotatable bonds is 3. The van der Waals surface area contributed by atoms with Gasteiger partial charge in [-0.3, -0.25) is 0 Å². The molecule has 1 aliphatic rings. The minimum atomic E-state index is 0.389. The van der Waals surface area contributed by atoms with Crippen molar-refractivity contribution in [3.8, 4) is 5.88 Å². The Morgan fingerprint density at radius 1 is 1.44 bits per heavy atom. The molecule has 0 spiro atoms. The average molecular weight is 220 g/mol. The zero-order valence-corrected chi connectivity index (χ0v) is 10.3. The molecule has 1 saturated carbocycles. The first-order valence-electron chi connectivity index (χ1n) is 5.88. The molecule has 0 saturated heterocycles. The molecule has 1 aromatic heterocycles. The number of anilines is 1. The SMILES string of the molecule is COc1ccc(NC2CCCC2(C)C)cn1. The van der Waals surface area contributed by atoms with Crippen LogP contribution in [0.25, 0.3) is 0 Å². The Labute approximate surface area is 97.2 Å². The summed E-state index contributed by atoms with van der Waals surface area (Å²) in [7, 11) is 1.63. The van der Waals surface area contributed by atoms with Crippen molar-refractivity contribution in [2.24, 2.45) is 5.41 Å². The fourth-order valence-corrected chi connectivity index (χ4v) is 2.38. The zero-order valence-electron chi connectivity index (χ0n) is 10.3. The third-order valence-electron chi connectivity index (χ3n) is 3.54. The van der Waals surface area contributed by atoms with E-state index in [1.54, 1.807) is 7.11 Å². The number of pyridine rings is 1. The van der Waals surface area contributed by atoms with Gasteiger partial charge in [0.2, 0.25) is 5.88 Å². The minimum Gasteiger partial charge on any atom is -0.481 e. The van der Waals surface area contributed by atoms with Gasteiger partial charge in [-0.2, -0.15) is 0 Å². The molecular weight excluding hydrogens is 200 g/mol. The van der Waals surface area contributed by atoms with Crippen LogP contribution >= 0.6 is 0 Å². The van der Waals surface area contributed by atoms with Crippen LogP contribution in [0.4, 0.5) is 5.69 Å². The van der Waals surface area contributed by atoms with E-state index >= 15 is 0 Å². The number of nitrogens with one attached hydrogen (secondary N) is 1. The molecule has 0 bridgehead atoms. The third-order valence-corrected chi connectivity index (χ3v) is 3.54. The van der Waals surface area contributed by atoms with E-state index in [1.165, 1.54) is 19.3 Å². The molecule has 3 heteroatoms. The first-order chi connectivity index (χ1) is 7.62. The lowest BCUT2D eigenvalue weighted by molar-refractivity contribution is 0.350. The summed E-state index contributed by atoms with van der Waals surface area (Å²) in [4.78, 5) is 4.20. The second-order valence-corrected chi connectivity index (χ2v) is 5.17. The Kier molecular flexibility index (Phi) is 3.03. The van der Waals surface area contributed by atoms with Crippen LogP contribution in [0.3, 0.4) is 0 Å². The van der Waals surface area contributed by atoms with Gasteiger partial charge < -0.3 is 10.1 Å². The summed E-state index contributed by atoms with van der Waals surface area (Å²) in [6.45, 7) is 4.66. The molecule has 1 aromatic rings. The van der Waals surface area contributed by atoms with Gasteiger partial charge in [-0.25, -0.2) is 4.98 Å². The van der Waals surface area contributed by atoms with Crippen molar-refractivity contribution in [1.29, 1.82) is 0 Å². The summed E-state index contributed by atoms with van der Waals surface area (Å²) in [5.74, 6) is 0.663. The number of methoxy groups -OCH3 is 1. The largest absolute Gasteiger partial charge is 0.481 e. The average Bonchev–Trinajstić information content (AvgIpc) is 2.59. The molecule has 2 rings (SSSR count). The Morgan fingerprint density at radius 3 is 2.75 bits per heavy atom. The normalized spacial score (nSPS) is 23.1. The van der Waals surface area contributed by atoms with Crippen molar-refractivity contribution in [1.82, 2.24) is 4.98 Å². The maximum atomic E-state index is 5.04. The van der Waals surface area contributed by atoms with Crippen molar-refractivity contribution >= 4 is 5.69 Å². The van der Waals surface area contributed by atoms with Gasteiger partial charge in [0.1, 0.15) is 0 Å². The third kappa shape index (κ3) is 2.29. The number of hydrogen-bond acceptors (Lipinski definition) is 3. The molecule has 0 aromatic carbocycles. The second kappa shape index (κ2) is 4.32.